The minimum atomic E-state index is -0.879. The van der Waals surface area contributed by atoms with Crippen molar-refractivity contribution in [3.05, 3.63) is 0 Å². The first-order valence-electron chi connectivity index (χ1n) is 5.95. The second-order valence-electron chi connectivity index (χ2n) is 4.71. The molecule has 6 heteroatoms. The van der Waals surface area contributed by atoms with Crippen molar-refractivity contribution in [2.24, 2.45) is 11.7 Å². The Morgan fingerprint density at radius 2 is 2.06 bits per heavy atom. The van der Waals surface area contributed by atoms with E-state index in [9.17, 15) is 9.59 Å². The van der Waals surface area contributed by atoms with E-state index in [1.54, 1.807) is 4.90 Å². The van der Waals surface area contributed by atoms with Crippen LogP contribution in [0, 0.1) is 5.92 Å². The first-order valence-corrected chi connectivity index (χ1v) is 5.95. The van der Waals surface area contributed by atoms with Gasteiger partial charge in [-0.05, 0) is 12.8 Å². The molecule has 0 bridgehead atoms. The summed E-state index contributed by atoms with van der Waals surface area (Å²) in [4.78, 5) is 24.5. The Kier molecular flexibility index (Phi) is 3.63. The van der Waals surface area contributed by atoms with Gasteiger partial charge < -0.3 is 20.5 Å². The van der Waals surface area contributed by atoms with E-state index >= 15 is 0 Å². The summed E-state index contributed by atoms with van der Waals surface area (Å²) in [7, 11) is 0. The van der Waals surface area contributed by atoms with Gasteiger partial charge in [0.05, 0.1) is 25.6 Å². The van der Waals surface area contributed by atoms with Gasteiger partial charge in [0, 0.05) is 18.6 Å². The number of aliphatic carboxylic acids is 1. The molecule has 2 fully saturated rings. The molecule has 2 aliphatic rings. The van der Waals surface area contributed by atoms with Gasteiger partial charge in [0.2, 0.25) is 5.91 Å². The fourth-order valence-corrected chi connectivity index (χ4v) is 2.11. The summed E-state index contributed by atoms with van der Waals surface area (Å²) >= 11 is 0. The summed E-state index contributed by atoms with van der Waals surface area (Å²) in [5, 5.41) is 8.68. The van der Waals surface area contributed by atoms with Crippen molar-refractivity contribution in [3.63, 3.8) is 0 Å². The Labute approximate surface area is 99.7 Å². The van der Waals surface area contributed by atoms with Gasteiger partial charge in [-0.3, -0.25) is 9.59 Å². The minimum Gasteiger partial charge on any atom is -0.481 e. The Morgan fingerprint density at radius 1 is 1.35 bits per heavy atom. The number of hydrogen-bond donors (Lipinski definition) is 2. The van der Waals surface area contributed by atoms with Gasteiger partial charge in [-0.1, -0.05) is 0 Å². The van der Waals surface area contributed by atoms with Crippen molar-refractivity contribution in [2.75, 3.05) is 19.8 Å². The van der Waals surface area contributed by atoms with Crippen LogP contribution in [0.25, 0.3) is 0 Å². The molecular weight excluding hydrogens is 224 g/mol. The first kappa shape index (κ1) is 12.3. The summed E-state index contributed by atoms with van der Waals surface area (Å²) in [6.07, 6.45) is 1.92. The number of carboxylic acids is 1. The van der Waals surface area contributed by atoms with Crippen molar-refractivity contribution in [1.82, 2.24) is 4.90 Å². The molecular formula is C11H18N2O4. The molecule has 0 aromatic heterocycles. The van der Waals surface area contributed by atoms with E-state index in [0.29, 0.717) is 13.2 Å². The van der Waals surface area contributed by atoms with E-state index in [1.165, 1.54) is 0 Å². The molecule has 1 saturated carbocycles. The highest BCUT2D eigenvalue weighted by Crippen LogP contribution is 2.29. The molecule has 0 aromatic rings. The number of nitrogens with zero attached hydrogens (tertiary/aromatic N) is 1. The summed E-state index contributed by atoms with van der Waals surface area (Å²) < 4.78 is 5.18. The zero-order valence-corrected chi connectivity index (χ0v) is 9.67. The van der Waals surface area contributed by atoms with Crippen LogP contribution in [-0.4, -0.2) is 53.7 Å². The van der Waals surface area contributed by atoms with Crippen LogP contribution >= 0.6 is 0 Å². The standard InChI is InChI=1S/C11H18N2O4/c12-9-6-17-5-8(9)11(16)13(7-1-2-7)4-3-10(14)15/h7-9H,1-6,12H2,(H,14,15). The van der Waals surface area contributed by atoms with Gasteiger partial charge in [0.1, 0.15) is 0 Å². The highest BCUT2D eigenvalue weighted by atomic mass is 16.5. The molecule has 2 unspecified atom stereocenters. The topological polar surface area (TPSA) is 92.9 Å². The normalized spacial score (nSPS) is 28.1. The Hall–Kier alpha value is -1.14. The SMILES string of the molecule is NC1COCC1C(=O)N(CCC(=O)O)C1CC1. The first-order chi connectivity index (χ1) is 8.09. The van der Waals surface area contributed by atoms with Gasteiger partial charge in [-0.25, -0.2) is 0 Å². The number of carboxylic acid groups (broad SMARTS) is 1. The number of carbonyl (C=O) groups excluding carboxylic acids is 1. The van der Waals surface area contributed by atoms with Crippen molar-refractivity contribution >= 4 is 11.9 Å². The molecule has 3 N–H and O–H groups in total. The molecule has 96 valence electrons. The molecule has 2 rings (SSSR count). The van der Waals surface area contributed by atoms with Crippen LogP contribution in [0.4, 0.5) is 0 Å². The second-order valence-corrected chi connectivity index (χ2v) is 4.71. The molecule has 0 radical (unpaired) electrons. The van der Waals surface area contributed by atoms with Crippen molar-refractivity contribution in [2.45, 2.75) is 31.3 Å². The maximum atomic E-state index is 12.2. The van der Waals surface area contributed by atoms with Gasteiger partial charge in [-0.2, -0.15) is 0 Å². The fraction of sp³-hybridized carbons (Fsp3) is 0.818. The molecule has 1 amide bonds. The van der Waals surface area contributed by atoms with E-state index in [0.717, 1.165) is 12.8 Å². The van der Waals surface area contributed by atoms with Gasteiger partial charge in [0.15, 0.2) is 0 Å². The molecule has 1 aliphatic carbocycles. The third-order valence-electron chi connectivity index (χ3n) is 3.28. The maximum absolute atomic E-state index is 12.2. The lowest BCUT2D eigenvalue weighted by Gasteiger charge is -2.25. The summed E-state index contributed by atoms with van der Waals surface area (Å²) in [6.45, 7) is 1.05. The van der Waals surface area contributed by atoms with Crippen molar-refractivity contribution < 1.29 is 19.4 Å². The highest BCUT2D eigenvalue weighted by Gasteiger charge is 2.40. The van der Waals surface area contributed by atoms with Crippen LogP contribution in [0.3, 0.4) is 0 Å². The molecule has 2 atom stereocenters. The van der Waals surface area contributed by atoms with Crippen molar-refractivity contribution in [3.8, 4) is 0 Å². The Balaban J connectivity index is 1.95. The van der Waals surface area contributed by atoms with E-state index in [-0.39, 0.29) is 36.9 Å². The predicted octanol–water partition coefficient (Wildman–Crippen LogP) is -0.574. The number of carbonyl (C=O) groups is 2. The lowest BCUT2D eigenvalue weighted by atomic mass is 10.0. The molecule has 0 aromatic carbocycles. The lowest BCUT2D eigenvalue weighted by molar-refractivity contribution is -0.140. The number of ether oxygens (including phenoxy) is 1. The van der Waals surface area contributed by atoms with Crippen LogP contribution in [0.2, 0.25) is 0 Å². The van der Waals surface area contributed by atoms with Gasteiger partial charge in [0.25, 0.3) is 0 Å². The van der Waals surface area contributed by atoms with E-state index in [4.69, 9.17) is 15.6 Å². The smallest absolute Gasteiger partial charge is 0.305 e. The quantitative estimate of drug-likeness (QED) is 0.673. The maximum Gasteiger partial charge on any atom is 0.305 e. The average molecular weight is 242 g/mol. The molecule has 1 aliphatic heterocycles. The summed E-state index contributed by atoms with van der Waals surface area (Å²) in [5.74, 6) is -1.22. The average Bonchev–Trinajstić information content (AvgIpc) is 3.00. The molecule has 1 heterocycles. The monoisotopic (exact) mass is 242 g/mol. The molecule has 0 spiro atoms. The third-order valence-corrected chi connectivity index (χ3v) is 3.28. The second kappa shape index (κ2) is 5.01. The summed E-state index contributed by atoms with van der Waals surface area (Å²) in [5.41, 5.74) is 5.81. The van der Waals surface area contributed by atoms with Crippen LogP contribution in [0.5, 0.6) is 0 Å². The zero-order valence-electron chi connectivity index (χ0n) is 9.67. The number of amides is 1. The van der Waals surface area contributed by atoms with Gasteiger partial charge >= 0.3 is 5.97 Å². The predicted molar refractivity (Wildman–Crippen MR) is 59.3 cm³/mol. The highest BCUT2D eigenvalue weighted by molar-refractivity contribution is 5.81. The summed E-state index contributed by atoms with van der Waals surface area (Å²) in [6, 6.07) is -0.0387. The van der Waals surface area contributed by atoms with Crippen molar-refractivity contribution in [1.29, 1.82) is 0 Å². The van der Waals surface area contributed by atoms with E-state index in [1.807, 2.05) is 0 Å². The zero-order chi connectivity index (χ0) is 12.4. The molecule has 1 saturated heterocycles. The van der Waals surface area contributed by atoms with Crippen LogP contribution in [0.15, 0.2) is 0 Å². The van der Waals surface area contributed by atoms with Crippen LogP contribution < -0.4 is 5.73 Å². The number of nitrogens with two attached hydrogens (primary N) is 1. The fourth-order valence-electron chi connectivity index (χ4n) is 2.11. The number of hydrogen-bond acceptors (Lipinski definition) is 4. The third kappa shape index (κ3) is 2.95. The minimum absolute atomic E-state index is 0.00887. The Morgan fingerprint density at radius 3 is 2.53 bits per heavy atom. The molecule has 17 heavy (non-hydrogen) atoms. The van der Waals surface area contributed by atoms with Gasteiger partial charge in [-0.15, -0.1) is 0 Å². The molecule has 6 nitrogen and oxygen atoms in total. The Bertz CT molecular complexity index is 317. The van der Waals surface area contributed by atoms with Crippen LogP contribution in [0.1, 0.15) is 19.3 Å². The van der Waals surface area contributed by atoms with E-state index in [2.05, 4.69) is 0 Å². The van der Waals surface area contributed by atoms with E-state index < -0.39 is 5.97 Å². The largest absolute Gasteiger partial charge is 0.481 e. The van der Waals surface area contributed by atoms with Crippen LogP contribution in [-0.2, 0) is 14.3 Å². The number of rotatable bonds is 5. The lowest BCUT2D eigenvalue weighted by Crippen LogP contribution is -2.45.